The predicted octanol–water partition coefficient (Wildman–Crippen LogP) is 3.12. The van der Waals surface area contributed by atoms with Gasteiger partial charge in [0.2, 0.25) is 0 Å². The van der Waals surface area contributed by atoms with Gasteiger partial charge in [-0.2, -0.15) is 0 Å². The molecule has 3 heteroatoms. The second kappa shape index (κ2) is 7.12. The van der Waals surface area contributed by atoms with E-state index >= 15 is 0 Å². The minimum Gasteiger partial charge on any atom is -0.408 e. The van der Waals surface area contributed by atoms with Crippen molar-refractivity contribution in [3.63, 3.8) is 0 Å². The molecule has 2 rings (SSSR count). The molecule has 0 saturated carbocycles. The van der Waals surface area contributed by atoms with Crippen LogP contribution in [0.2, 0.25) is 0 Å². The Morgan fingerprint density at radius 2 is 1.26 bits per heavy atom. The highest BCUT2D eigenvalue weighted by atomic mass is 16.6. The van der Waals surface area contributed by atoms with Crippen LogP contribution >= 0.6 is 0 Å². The molecule has 0 N–H and O–H groups in total. The van der Waals surface area contributed by atoms with Crippen molar-refractivity contribution in [1.82, 2.24) is 0 Å². The van der Waals surface area contributed by atoms with Gasteiger partial charge in [-0.15, -0.1) is 0 Å². The molecule has 2 aromatic rings. The highest BCUT2D eigenvalue weighted by Crippen LogP contribution is 2.17. The summed E-state index contributed by atoms with van der Waals surface area (Å²) in [5.74, 6) is 0. The van der Waals surface area contributed by atoms with Crippen LogP contribution < -0.4 is 5.46 Å². The van der Waals surface area contributed by atoms with Crippen molar-refractivity contribution in [2.45, 2.75) is 13.8 Å². The summed E-state index contributed by atoms with van der Waals surface area (Å²) in [6.07, 6.45) is 0. The van der Waals surface area contributed by atoms with Crippen LogP contribution in [0.1, 0.15) is 13.8 Å². The number of benzene rings is 2. The minimum atomic E-state index is -0.264. The third-order valence-electron chi connectivity index (χ3n) is 2.93. The lowest BCUT2D eigenvalue weighted by Gasteiger charge is -2.13. The van der Waals surface area contributed by atoms with Crippen molar-refractivity contribution in [1.29, 1.82) is 0 Å². The third-order valence-corrected chi connectivity index (χ3v) is 2.93. The molecule has 0 unspecified atom stereocenters. The summed E-state index contributed by atoms with van der Waals surface area (Å²) < 4.78 is 11.2. The van der Waals surface area contributed by atoms with Crippen LogP contribution in [-0.4, -0.2) is 20.3 Å². The second-order valence-corrected chi connectivity index (χ2v) is 4.23. The fourth-order valence-corrected chi connectivity index (χ4v) is 2.01. The van der Waals surface area contributed by atoms with Crippen molar-refractivity contribution in [3.05, 3.63) is 54.6 Å². The lowest BCUT2D eigenvalue weighted by atomic mass is 9.78. The summed E-state index contributed by atoms with van der Waals surface area (Å²) in [6.45, 7) is 5.24. The first-order valence-corrected chi connectivity index (χ1v) is 6.73. The SMILES string of the molecule is CCOB(OCC)c1ccc(-c2ccccc2)cc1. The largest absolute Gasteiger partial charge is 0.493 e. The van der Waals surface area contributed by atoms with Crippen LogP contribution in [0.15, 0.2) is 54.6 Å². The minimum absolute atomic E-state index is 0.264. The molecule has 0 aliphatic rings. The zero-order valence-electron chi connectivity index (χ0n) is 11.5. The summed E-state index contributed by atoms with van der Waals surface area (Å²) >= 11 is 0. The summed E-state index contributed by atoms with van der Waals surface area (Å²) in [5, 5.41) is 0. The highest BCUT2D eigenvalue weighted by Gasteiger charge is 2.19. The molecule has 0 radical (unpaired) electrons. The molecule has 0 bridgehead atoms. The first kappa shape index (κ1) is 13.8. The zero-order chi connectivity index (χ0) is 13.5. The Morgan fingerprint density at radius 1 is 0.737 bits per heavy atom. The van der Waals surface area contributed by atoms with E-state index < -0.39 is 0 Å². The molecule has 0 aliphatic carbocycles. The average Bonchev–Trinajstić information content (AvgIpc) is 2.48. The van der Waals surface area contributed by atoms with Crippen molar-refractivity contribution in [2.75, 3.05) is 13.2 Å². The quantitative estimate of drug-likeness (QED) is 0.737. The molecule has 0 saturated heterocycles. The van der Waals surface area contributed by atoms with Gasteiger partial charge in [-0.05, 0) is 30.4 Å². The molecule has 0 aliphatic heterocycles. The van der Waals surface area contributed by atoms with Crippen LogP contribution in [-0.2, 0) is 9.31 Å². The summed E-state index contributed by atoms with van der Waals surface area (Å²) in [5.41, 5.74) is 3.48. The van der Waals surface area contributed by atoms with E-state index in [-0.39, 0.29) is 7.12 Å². The summed E-state index contributed by atoms with van der Waals surface area (Å²) in [4.78, 5) is 0. The van der Waals surface area contributed by atoms with E-state index in [9.17, 15) is 0 Å². The Labute approximate surface area is 115 Å². The number of hydrogen-bond donors (Lipinski definition) is 0. The van der Waals surface area contributed by atoms with E-state index in [0.717, 1.165) is 5.46 Å². The van der Waals surface area contributed by atoms with Gasteiger partial charge in [-0.1, -0.05) is 54.6 Å². The van der Waals surface area contributed by atoms with Gasteiger partial charge in [0.25, 0.3) is 0 Å². The lowest BCUT2D eigenvalue weighted by molar-refractivity contribution is 0.225. The summed E-state index contributed by atoms with van der Waals surface area (Å²) in [6, 6.07) is 18.7. The van der Waals surface area contributed by atoms with Crippen molar-refractivity contribution >= 4 is 12.6 Å². The van der Waals surface area contributed by atoms with Crippen LogP contribution in [0.25, 0.3) is 11.1 Å². The Bertz CT molecular complexity index is 476. The zero-order valence-corrected chi connectivity index (χ0v) is 11.5. The second-order valence-electron chi connectivity index (χ2n) is 4.23. The molecular weight excluding hydrogens is 235 g/mol. The fourth-order valence-electron chi connectivity index (χ4n) is 2.01. The average molecular weight is 254 g/mol. The normalized spacial score (nSPS) is 10.4. The van der Waals surface area contributed by atoms with Crippen molar-refractivity contribution in [2.24, 2.45) is 0 Å². The fraction of sp³-hybridized carbons (Fsp3) is 0.250. The molecule has 0 heterocycles. The van der Waals surface area contributed by atoms with E-state index in [1.807, 2.05) is 32.0 Å². The maximum absolute atomic E-state index is 5.59. The van der Waals surface area contributed by atoms with E-state index in [0.29, 0.717) is 13.2 Å². The number of hydrogen-bond acceptors (Lipinski definition) is 2. The highest BCUT2D eigenvalue weighted by molar-refractivity contribution is 6.61. The smallest absolute Gasteiger partial charge is 0.408 e. The van der Waals surface area contributed by atoms with Crippen molar-refractivity contribution < 1.29 is 9.31 Å². The van der Waals surface area contributed by atoms with E-state index in [1.54, 1.807) is 0 Å². The van der Waals surface area contributed by atoms with E-state index in [2.05, 4.69) is 36.4 Å². The van der Waals surface area contributed by atoms with Gasteiger partial charge in [0, 0.05) is 13.2 Å². The Hall–Kier alpha value is -1.58. The molecule has 0 fully saturated rings. The van der Waals surface area contributed by atoms with E-state index in [1.165, 1.54) is 11.1 Å². The molecule has 2 aromatic carbocycles. The van der Waals surface area contributed by atoms with Gasteiger partial charge in [0.1, 0.15) is 0 Å². The molecule has 19 heavy (non-hydrogen) atoms. The standard InChI is InChI=1S/C16H19BO2/c1-3-18-17(19-4-2)16-12-10-15(11-13-16)14-8-6-5-7-9-14/h5-13H,3-4H2,1-2H3. The van der Waals surface area contributed by atoms with E-state index in [4.69, 9.17) is 9.31 Å². The van der Waals surface area contributed by atoms with Gasteiger partial charge in [-0.25, -0.2) is 0 Å². The first-order chi connectivity index (χ1) is 9.35. The monoisotopic (exact) mass is 254 g/mol. The molecule has 2 nitrogen and oxygen atoms in total. The molecule has 98 valence electrons. The maximum Gasteiger partial charge on any atom is 0.493 e. The Morgan fingerprint density at radius 3 is 1.79 bits per heavy atom. The molecular formula is C16H19BO2. The van der Waals surface area contributed by atoms with Gasteiger partial charge in [-0.3, -0.25) is 0 Å². The molecule has 0 spiro atoms. The topological polar surface area (TPSA) is 18.5 Å². The van der Waals surface area contributed by atoms with Gasteiger partial charge in [0.15, 0.2) is 0 Å². The van der Waals surface area contributed by atoms with Crippen molar-refractivity contribution in [3.8, 4) is 11.1 Å². The first-order valence-electron chi connectivity index (χ1n) is 6.73. The number of rotatable bonds is 6. The maximum atomic E-state index is 5.59. The lowest BCUT2D eigenvalue weighted by Crippen LogP contribution is -2.36. The Kier molecular flexibility index (Phi) is 5.19. The third kappa shape index (κ3) is 3.69. The molecule has 0 amide bonds. The van der Waals surface area contributed by atoms with Gasteiger partial charge in [0.05, 0.1) is 0 Å². The van der Waals surface area contributed by atoms with Gasteiger partial charge < -0.3 is 9.31 Å². The summed E-state index contributed by atoms with van der Waals surface area (Å²) in [7, 11) is -0.264. The van der Waals surface area contributed by atoms with Crippen LogP contribution in [0.4, 0.5) is 0 Å². The van der Waals surface area contributed by atoms with Gasteiger partial charge >= 0.3 is 7.12 Å². The van der Waals surface area contributed by atoms with Crippen LogP contribution in [0, 0.1) is 0 Å². The predicted molar refractivity (Wildman–Crippen MR) is 80.5 cm³/mol. The van der Waals surface area contributed by atoms with Crippen LogP contribution in [0.5, 0.6) is 0 Å². The van der Waals surface area contributed by atoms with Crippen LogP contribution in [0.3, 0.4) is 0 Å². The molecule has 0 atom stereocenters. The molecule has 0 aromatic heterocycles. The Balaban J connectivity index is 2.17.